The van der Waals surface area contributed by atoms with Gasteiger partial charge in [0.05, 0.1) is 21.0 Å². The first kappa shape index (κ1) is 33.6. The zero-order valence-electron chi connectivity index (χ0n) is 28.7. The van der Waals surface area contributed by atoms with E-state index in [2.05, 4.69) is 20.5 Å². The van der Waals surface area contributed by atoms with E-state index in [9.17, 15) is 18.8 Å². The summed E-state index contributed by atoms with van der Waals surface area (Å²) in [6.45, 7) is 7.41. The summed E-state index contributed by atoms with van der Waals surface area (Å²) in [7, 11) is 0. The first-order valence-corrected chi connectivity index (χ1v) is 18.0. The van der Waals surface area contributed by atoms with Crippen LogP contribution in [0.5, 0.6) is 0 Å². The molecule has 264 valence electrons. The lowest BCUT2D eigenvalue weighted by atomic mass is 9.73. The minimum atomic E-state index is -0.621. The summed E-state index contributed by atoms with van der Waals surface area (Å²) >= 11 is 1.25. The Morgan fingerprint density at radius 2 is 1.65 bits per heavy atom. The van der Waals surface area contributed by atoms with Crippen molar-refractivity contribution in [3.05, 3.63) is 112 Å². The van der Waals surface area contributed by atoms with E-state index >= 15 is 0 Å². The van der Waals surface area contributed by atoms with Crippen LogP contribution in [-0.2, 0) is 11.2 Å². The number of hydrogen-bond acceptors (Lipinski definition) is 9. The second-order valence-electron chi connectivity index (χ2n) is 13.6. The maximum absolute atomic E-state index is 14.2. The van der Waals surface area contributed by atoms with Crippen molar-refractivity contribution in [3.63, 3.8) is 0 Å². The molecule has 8 rings (SSSR count). The molecule has 2 saturated heterocycles. The summed E-state index contributed by atoms with van der Waals surface area (Å²) in [6.07, 6.45) is 3.93. The maximum atomic E-state index is 14.2. The summed E-state index contributed by atoms with van der Waals surface area (Å²) in [5.41, 5.74) is 5.46. The maximum Gasteiger partial charge on any atom is 0.266 e. The van der Waals surface area contributed by atoms with Gasteiger partial charge in [0.25, 0.3) is 17.7 Å². The van der Waals surface area contributed by atoms with Gasteiger partial charge in [-0.2, -0.15) is 0 Å². The molecular formula is C39H36FN7O4S. The van der Waals surface area contributed by atoms with E-state index in [0.29, 0.717) is 51.9 Å². The number of rotatable bonds is 6. The molecule has 0 saturated carbocycles. The summed E-state index contributed by atoms with van der Waals surface area (Å²) in [4.78, 5) is 59.2. The molecule has 13 heteroatoms. The third-order valence-electron chi connectivity index (χ3n) is 9.95. The lowest BCUT2D eigenvalue weighted by Crippen LogP contribution is -2.59. The Balaban J connectivity index is 0.986. The molecule has 11 nitrogen and oxygen atoms in total. The van der Waals surface area contributed by atoms with Gasteiger partial charge in [0.1, 0.15) is 11.5 Å². The minimum Gasteiger partial charge on any atom is -0.381 e. The molecule has 3 aliphatic heterocycles. The van der Waals surface area contributed by atoms with Crippen molar-refractivity contribution in [2.45, 2.75) is 33.1 Å². The monoisotopic (exact) mass is 717 g/mol. The number of nitrogens with zero attached hydrogens (tertiary/aromatic N) is 5. The molecule has 0 unspecified atom stereocenters. The number of benzene rings is 1. The zero-order valence-corrected chi connectivity index (χ0v) is 29.6. The van der Waals surface area contributed by atoms with Crippen molar-refractivity contribution in [2.24, 2.45) is 5.41 Å². The van der Waals surface area contributed by atoms with E-state index in [4.69, 9.17) is 14.7 Å². The summed E-state index contributed by atoms with van der Waals surface area (Å²) < 4.78 is 19.7. The number of amides is 3. The molecule has 1 spiro atoms. The second-order valence-corrected chi connectivity index (χ2v) is 14.7. The van der Waals surface area contributed by atoms with E-state index in [1.807, 2.05) is 38.1 Å². The Kier molecular flexibility index (Phi) is 8.76. The lowest BCUT2D eigenvalue weighted by molar-refractivity contribution is -0.000519. The number of carbonyl (C=O) groups is 3. The van der Waals surface area contributed by atoms with E-state index in [0.717, 1.165) is 61.0 Å². The quantitative estimate of drug-likeness (QED) is 0.199. The van der Waals surface area contributed by atoms with E-state index in [-0.39, 0.29) is 23.0 Å². The number of ether oxygens (including phenoxy) is 1. The summed E-state index contributed by atoms with van der Waals surface area (Å²) in [5.74, 6) is -1.02. The van der Waals surface area contributed by atoms with Gasteiger partial charge < -0.3 is 25.2 Å². The largest absolute Gasteiger partial charge is 0.381 e. The molecule has 3 amide bonds. The molecule has 3 aliphatic rings. The van der Waals surface area contributed by atoms with Crippen LogP contribution in [0.25, 0.3) is 10.6 Å². The van der Waals surface area contributed by atoms with Crippen molar-refractivity contribution < 1.29 is 23.5 Å². The Morgan fingerprint density at radius 3 is 2.42 bits per heavy atom. The van der Waals surface area contributed by atoms with Crippen molar-refractivity contribution >= 4 is 52.1 Å². The normalized spacial score (nSPS) is 16.0. The number of nitrogens with one attached hydrogen (secondary N) is 2. The number of aromatic nitrogens is 3. The van der Waals surface area contributed by atoms with E-state index in [1.54, 1.807) is 35.2 Å². The molecule has 0 radical (unpaired) electrons. The fourth-order valence-electron chi connectivity index (χ4n) is 7.12. The first-order valence-electron chi connectivity index (χ1n) is 17.2. The van der Waals surface area contributed by atoms with Crippen LogP contribution in [0.2, 0.25) is 0 Å². The minimum absolute atomic E-state index is 0.139. The number of pyridine rings is 3. The average molecular weight is 718 g/mol. The Labute approximate surface area is 303 Å². The molecule has 4 aromatic heterocycles. The summed E-state index contributed by atoms with van der Waals surface area (Å²) in [6, 6.07) is 18.7. The highest BCUT2D eigenvalue weighted by Gasteiger charge is 2.45. The SMILES string of the molecule is Cc1ccc2c(n1)-c1sc(C(=O)Nc3ncccc3F)cc1CCN2C(=O)c1ccc(NC(=O)c2ccc(C)nc2N2CC3(CCOCC3)C2)cc1. The van der Waals surface area contributed by atoms with Crippen LogP contribution in [0, 0.1) is 25.1 Å². The van der Waals surface area contributed by atoms with Crippen molar-refractivity contribution in [2.75, 3.05) is 53.3 Å². The number of aryl methyl sites for hydroxylation is 2. The fraction of sp³-hybridized carbons (Fsp3) is 0.282. The molecule has 0 atom stereocenters. The van der Waals surface area contributed by atoms with E-state index in [1.165, 1.54) is 29.7 Å². The van der Waals surface area contributed by atoms with Crippen LogP contribution in [0.4, 0.5) is 27.4 Å². The number of thiophene rings is 1. The molecule has 0 aliphatic carbocycles. The van der Waals surface area contributed by atoms with Crippen LogP contribution in [-0.4, -0.2) is 65.5 Å². The van der Waals surface area contributed by atoms with Gasteiger partial charge in [-0.05, 0) is 105 Å². The fourth-order valence-corrected chi connectivity index (χ4v) is 8.22. The predicted octanol–water partition coefficient (Wildman–Crippen LogP) is 6.68. The van der Waals surface area contributed by atoms with Crippen molar-refractivity contribution in [3.8, 4) is 10.6 Å². The second kappa shape index (κ2) is 13.5. The standard InChI is InChI=1S/C39H36FN7O4S/c1-23-6-12-30-32(42-23)33-26(20-31(52-33)37(49)45-34-29(40)4-3-16-41-34)13-17-47(30)38(50)25-7-9-27(10-8-25)44-36(48)28-11-5-24(2)43-35(28)46-21-39(22-46)14-18-51-19-15-39/h3-12,16,20H,13-15,17-19,21-22H2,1-2H3,(H,44,48)(H,41,45,49). The Morgan fingerprint density at radius 1 is 0.904 bits per heavy atom. The number of hydrogen-bond donors (Lipinski definition) is 2. The van der Waals surface area contributed by atoms with Gasteiger partial charge in [0.15, 0.2) is 11.6 Å². The van der Waals surface area contributed by atoms with Gasteiger partial charge in [0, 0.05) is 67.1 Å². The highest BCUT2D eigenvalue weighted by atomic mass is 32.1. The topological polar surface area (TPSA) is 130 Å². The van der Waals surface area contributed by atoms with Gasteiger partial charge in [-0.1, -0.05) is 0 Å². The first-order chi connectivity index (χ1) is 25.2. The van der Waals surface area contributed by atoms with E-state index < -0.39 is 11.7 Å². The van der Waals surface area contributed by atoms with Crippen LogP contribution in [0.3, 0.4) is 0 Å². The van der Waals surface area contributed by atoms with Gasteiger partial charge in [-0.3, -0.25) is 19.4 Å². The number of halogens is 1. The molecule has 0 bridgehead atoms. The summed E-state index contributed by atoms with van der Waals surface area (Å²) in [5, 5.41) is 5.55. The van der Waals surface area contributed by atoms with Gasteiger partial charge in [0.2, 0.25) is 0 Å². The van der Waals surface area contributed by atoms with Crippen molar-refractivity contribution in [1.82, 2.24) is 15.0 Å². The molecule has 2 fully saturated rings. The van der Waals surface area contributed by atoms with Crippen LogP contribution < -0.4 is 20.4 Å². The van der Waals surface area contributed by atoms with Gasteiger partial charge in [-0.15, -0.1) is 11.3 Å². The third kappa shape index (κ3) is 6.41. The molecule has 7 heterocycles. The molecular weight excluding hydrogens is 682 g/mol. The number of anilines is 4. The molecule has 1 aromatic carbocycles. The highest BCUT2D eigenvalue weighted by Crippen LogP contribution is 2.43. The van der Waals surface area contributed by atoms with Crippen LogP contribution >= 0.6 is 11.3 Å². The van der Waals surface area contributed by atoms with Crippen LogP contribution in [0.15, 0.2) is 72.9 Å². The third-order valence-corrected chi connectivity index (χ3v) is 11.1. The predicted molar refractivity (Wildman–Crippen MR) is 198 cm³/mol. The number of fused-ring (bicyclic) bond motifs is 3. The molecule has 5 aromatic rings. The van der Waals surface area contributed by atoms with Gasteiger partial charge in [-0.25, -0.2) is 14.4 Å². The Hall–Kier alpha value is -5.53. The van der Waals surface area contributed by atoms with Crippen LogP contribution in [0.1, 0.15) is 60.2 Å². The van der Waals surface area contributed by atoms with Crippen molar-refractivity contribution in [1.29, 1.82) is 0 Å². The van der Waals surface area contributed by atoms with Gasteiger partial charge >= 0.3 is 0 Å². The smallest absolute Gasteiger partial charge is 0.266 e. The Bertz CT molecular complexity index is 2210. The average Bonchev–Trinajstić information content (AvgIpc) is 3.50. The highest BCUT2D eigenvalue weighted by molar-refractivity contribution is 7.17. The lowest BCUT2D eigenvalue weighted by Gasteiger charge is -2.53. The molecule has 52 heavy (non-hydrogen) atoms. The number of carbonyl (C=O) groups excluding carboxylic acids is 3. The zero-order chi connectivity index (χ0) is 36.0. The molecule has 2 N–H and O–H groups in total.